The molecule has 4 rings (SSSR count). The lowest BCUT2D eigenvalue weighted by atomic mass is 10.2. The van der Waals surface area contributed by atoms with E-state index in [0.29, 0.717) is 30.9 Å². The topological polar surface area (TPSA) is 108 Å². The van der Waals surface area contributed by atoms with Crippen LogP contribution in [-0.2, 0) is 6.54 Å². The van der Waals surface area contributed by atoms with Crippen molar-refractivity contribution in [2.75, 3.05) is 18.9 Å². The molecule has 0 amide bonds. The van der Waals surface area contributed by atoms with Crippen molar-refractivity contribution in [2.24, 2.45) is 0 Å². The normalized spacial score (nSPS) is 15.5. The molecule has 1 aliphatic rings. The number of hydrogen-bond donors (Lipinski definition) is 2. The summed E-state index contributed by atoms with van der Waals surface area (Å²) in [5.74, 6) is 1.01. The predicted molar refractivity (Wildman–Crippen MR) is 96.4 cm³/mol. The molecule has 0 saturated heterocycles. The Bertz CT molecular complexity index is 925. The number of fused-ring (bicyclic) bond motifs is 3. The molecule has 0 atom stereocenters. The van der Waals surface area contributed by atoms with Crippen LogP contribution in [0.3, 0.4) is 0 Å². The van der Waals surface area contributed by atoms with Gasteiger partial charge >= 0.3 is 6.01 Å². The van der Waals surface area contributed by atoms with Gasteiger partial charge in [-0.25, -0.2) is 0 Å². The number of anilines is 1. The Hall–Kier alpha value is -3.03. The summed E-state index contributed by atoms with van der Waals surface area (Å²) in [7, 11) is 0. The maximum Gasteiger partial charge on any atom is 0.320 e. The van der Waals surface area contributed by atoms with Gasteiger partial charge in [-0.2, -0.15) is 15.0 Å². The van der Waals surface area contributed by atoms with Crippen LogP contribution in [0.2, 0.25) is 0 Å². The monoisotopic (exact) mass is 355 g/mol. The van der Waals surface area contributed by atoms with Crippen molar-refractivity contribution in [3.05, 3.63) is 29.8 Å². The highest BCUT2D eigenvalue weighted by molar-refractivity contribution is 5.83. The van der Waals surface area contributed by atoms with Gasteiger partial charge in [0.1, 0.15) is 5.75 Å². The van der Waals surface area contributed by atoms with Crippen LogP contribution in [0.1, 0.15) is 31.2 Å². The quantitative estimate of drug-likeness (QED) is 0.638. The van der Waals surface area contributed by atoms with E-state index in [1.807, 2.05) is 24.3 Å². The Balaban J connectivity index is 1.76. The van der Waals surface area contributed by atoms with Crippen molar-refractivity contribution < 1.29 is 14.6 Å². The maximum atomic E-state index is 10.3. The molecule has 3 heterocycles. The standard InChI is InChI=1S/C18H21N5O3/c19-15-14-16-22-17(21-15)26-9-4-2-1-3-8-25-13-7-5-6-12(10-13)11-23(16)18(24)20-14/h5-7,10H,1-4,8-9,11H2,(H,20,24)(H2,19,21,22). The first kappa shape index (κ1) is 16.4. The van der Waals surface area contributed by atoms with E-state index in [2.05, 4.69) is 15.0 Å². The van der Waals surface area contributed by atoms with Crippen LogP contribution in [0, 0.1) is 0 Å². The highest BCUT2D eigenvalue weighted by Crippen LogP contribution is 2.26. The van der Waals surface area contributed by atoms with Gasteiger partial charge in [0, 0.05) is 0 Å². The van der Waals surface area contributed by atoms with Gasteiger partial charge in [0.15, 0.2) is 17.0 Å². The van der Waals surface area contributed by atoms with E-state index >= 15 is 0 Å². The first-order valence-corrected chi connectivity index (χ1v) is 8.78. The third kappa shape index (κ3) is 3.35. The number of hydrogen-bond acceptors (Lipinski definition) is 7. The molecule has 1 aliphatic heterocycles. The van der Waals surface area contributed by atoms with Gasteiger partial charge in [-0.15, -0.1) is 0 Å². The SMILES string of the molecule is Nc1nc2nc3c1nc(O)n3Cc1cccc(c1)OCCCCCCO2. The summed E-state index contributed by atoms with van der Waals surface area (Å²) < 4.78 is 13.1. The fourth-order valence-electron chi connectivity index (χ4n) is 3.03. The largest absolute Gasteiger partial charge is 0.494 e. The van der Waals surface area contributed by atoms with Crippen molar-refractivity contribution in [3.8, 4) is 17.8 Å². The van der Waals surface area contributed by atoms with Crippen LogP contribution in [0.25, 0.3) is 11.2 Å². The number of aromatic hydroxyl groups is 1. The predicted octanol–water partition coefficient (Wildman–Crippen LogP) is 2.49. The number of imidazole rings is 1. The van der Waals surface area contributed by atoms with E-state index in [-0.39, 0.29) is 17.8 Å². The molecule has 8 heteroatoms. The minimum Gasteiger partial charge on any atom is -0.494 e. The van der Waals surface area contributed by atoms with E-state index in [4.69, 9.17) is 15.2 Å². The van der Waals surface area contributed by atoms with Gasteiger partial charge in [0.2, 0.25) is 0 Å². The zero-order chi connectivity index (χ0) is 17.9. The highest BCUT2D eigenvalue weighted by atomic mass is 16.5. The molecule has 8 nitrogen and oxygen atoms in total. The Morgan fingerprint density at radius 1 is 1.00 bits per heavy atom. The summed E-state index contributed by atoms with van der Waals surface area (Å²) >= 11 is 0. The van der Waals surface area contributed by atoms with Gasteiger partial charge in [0.25, 0.3) is 6.01 Å². The molecule has 0 aliphatic carbocycles. The van der Waals surface area contributed by atoms with E-state index in [1.54, 1.807) is 4.57 Å². The van der Waals surface area contributed by atoms with Crippen LogP contribution in [0.15, 0.2) is 24.3 Å². The molecule has 3 N–H and O–H groups in total. The first-order valence-electron chi connectivity index (χ1n) is 8.78. The minimum absolute atomic E-state index is 0.161. The molecule has 4 bridgehead atoms. The number of nitrogen functional groups attached to an aromatic ring is 1. The van der Waals surface area contributed by atoms with Crippen LogP contribution >= 0.6 is 0 Å². The number of nitrogens with zero attached hydrogens (tertiary/aromatic N) is 4. The Morgan fingerprint density at radius 3 is 2.65 bits per heavy atom. The summed E-state index contributed by atoms with van der Waals surface area (Å²) in [4.78, 5) is 12.6. The molecule has 0 spiro atoms. The molecule has 1 aromatic carbocycles. The second kappa shape index (κ2) is 7.07. The van der Waals surface area contributed by atoms with Crippen LogP contribution < -0.4 is 15.2 Å². The average Bonchev–Trinajstić information content (AvgIpc) is 2.93. The highest BCUT2D eigenvalue weighted by Gasteiger charge is 2.17. The zero-order valence-corrected chi connectivity index (χ0v) is 14.4. The lowest BCUT2D eigenvalue weighted by Gasteiger charge is -2.11. The molecule has 0 saturated carbocycles. The zero-order valence-electron chi connectivity index (χ0n) is 14.4. The number of aromatic nitrogens is 4. The number of benzene rings is 1. The van der Waals surface area contributed by atoms with E-state index in [0.717, 1.165) is 37.0 Å². The van der Waals surface area contributed by atoms with Gasteiger partial charge < -0.3 is 20.3 Å². The fraction of sp³-hybridized carbons (Fsp3) is 0.389. The summed E-state index contributed by atoms with van der Waals surface area (Å²) in [6.07, 6.45) is 4.01. The summed E-state index contributed by atoms with van der Waals surface area (Å²) in [6, 6.07) is 7.83. The van der Waals surface area contributed by atoms with Crippen molar-refractivity contribution in [2.45, 2.75) is 32.2 Å². The molecule has 136 valence electrons. The van der Waals surface area contributed by atoms with Crippen molar-refractivity contribution in [1.29, 1.82) is 0 Å². The molecule has 3 aromatic rings. The lowest BCUT2D eigenvalue weighted by molar-refractivity contribution is 0.274. The van der Waals surface area contributed by atoms with Crippen molar-refractivity contribution >= 4 is 17.0 Å². The average molecular weight is 355 g/mol. The third-order valence-corrected chi connectivity index (χ3v) is 4.36. The van der Waals surface area contributed by atoms with E-state index in [1.165, 1.54) is 0 Å². The smallest absolute Gasteiger partial charge is 0.320 e. The fourth-order valence-corrected chi connectivity index (χ4v) is 3.03. The van der Waals surface area contributed by atoms with Crippen LogP contribution in [0.5, 0.6) is 17.8 Å². The molecule has 2 aromatic heterocycles. The summed E-state index contributed by atoms with van der Waals surface area (Å²) in [5, 5.41) is 10.3. The summed E-state index contributed by atoms with van der Waals surface area (Å²) in [5.41, 5.74) is 7.75. The maximum absolute atomic E-state index is 10.3. The molecular weight excluding hydrogens is 334 g/mol. The third-order valence-electron chi connectivity index (χ3n) is 4.36. The van der Waals surface area contributed by atoms with Crippen LogP contribution in [0.4, 0.5) is 5.82 Å². The van der Waals surface area contributed by atoms with Crippen LogP contribution in [-0.4, -0.2) is 37.8 Å². The number of nitrogens with two attached hydrogens (primary N) is 1. The molecule has 0 unspecified atom stereocenters. The minimum atomic E-state index is -0.161. The second-order valence-electron chi connectivity index (χ2n) is 6.32. The van der Waals surface area contributed by atoms with Gasteiger partial charge in [-0.05, 0) is 43.4 Å². The summed E-state index contributed by atoms with van der Waals surface area (Å²) in [6.45, 7) is 1.59. The Kier molecular flexibility index (Phi) is 4.47. The van der Waals surface area contributed by atoms with Crippen molar-refractivity contribution in [1.82, 2.24) is 19.5 Å². The Morgan fingerprint density at radius 2 is 1.81 bits per heavy atom. The van der Waals surface area contributed by atoms with E-state index < -0.39 is 0 Å². The molecule has 26 heavy (non-hydrogen) atoms. The van der Waals surface area contributed by atoms with Gasteiger partial charge in [-0.1, -0.05) is 12.1 Å². The molecule has 0 radical (unpaired) electrons. The number of rotatable bonds is 0. The van der Waals surface area contributed by atoms with Crippen molar-refractivity contribution in [3.63, 3.8) is 0 Å². The second-order valence-corrected chi connectivity index (χ2v) is 6.32. The molecule has 0 fully saturated rings. The van der Waals surface area contributed by atoms with Gasteiger partial charge in [-0.3, -0.25) is 4.57 Å². The van der Waals surface area contributed by atoms with Gasteiger partial charge in [0.05, 0.1) is 19.8 Å². The Labute approximate surface area is 150 Å². The first-order chi connectivity index (χ1) is 12.7. The lowest BCUT2D eigenvalue weighted by Crippen LogP contribution is -2.07. The van der Waals surface area contributed by atoms with E-state index in [9.17, 15) is 5.11 Å². The number of ether oxygens (including phenoxy) is 2. The molecular formula is C18H21N5O3.